The zero-order chi connectivity index (χ0) is 17.6. The molecule has 0 aromatic carbocycles. The maximum absolute atomic E-state index is 12.0. The Morgan fingerprint density at radius 3 is 2.79 bits per heavy atom. The fourth-order valence-corrected chi connectivity index (χ4v) is 2.68. The highest BCUT2D eigenvalue weighted by Gasteiger charge is 2.51. The number of amides is 2. The van der Waals surface area contributed by atoms with Gasteiger partial charge < -0.3 is 14.9 Å². The lowest BCUT2D eigenvalue weighted by molar-refractivity contribution is -0.0525. The van der Waals surface area contributed by atoms with Gasteiger partial charge in [-0.1, -0.05) is 0 Å². The highest BCUT2D eigenvalue weighted by Crippen LogP contribution is 2.28. The highest BCUT2D eigenvalue weighted by molar-refractivity contribution is 7.84. The lowest BCUT2D eigenvalue weighted by Crippen LogP contribution is -2.49. The monoisotopic (exact) mass is 360 g/mol. The number of aliphatic hydroxyl groups excluding tert-OH is 2. The molecule has 0 spiro atoms. The van der Waals surface area contributed by atoms with Gasteiger partial charge in [-0.2, -0.15) is 13.4 Å². The summed E-state index contributed by atoms with van der Waals surface area (Å²) < 4.78 is 31.3. The number of nitrogens with two attached hydrogens (primary N) is 1. The molecule has 3 aliphatic heterocycles. The van der Waals surface area contributed by atoms with Crippen molar-refractivity contribution >= 4 is 40.1 Å². The van der Waals surface area contributed by atoms with E-state index in [-0.39, 0.29) is 17.4 Å². The molecule has 5 N–H and O–H groups in total. The molecule has 130 valence electrons. The number of rotatable bonds is 4. The number of carbonyl (C=O) groups is 1. The molecule has 1 fully saturated rings. The van der Waals surface area contributed by atoms with Gasteiger partial charge in [0.15, 0.2) is 23.6 Å². The lowest BCUT2D eigenvalue weighted by atomic mass is 10.1. The van der Waals surface area contributed by atoms with Crippen LogP contribution in [-0.4, -0.2) is 84.4 Å². The summed E-state index contributed by atoms with van der Waals surface area (Å²) in [6.45, 7) is -0.660. The van der Waals surface area contributed by atoms with E-state index in [1.807, 2.05) is 0 Å². The fourth-order valence-electron chi connectivity index (χ4n) is 2.36. The molecule has 13 nitrogen and oxygen atoms in total. The van der Waals surface area contributed by atoms with Crippen LogP contribution in [0.5, 0.6) is 0 Å². The average molecular weight is 360 g/mol. The Morgan fingerprint density at radius 2 is 2.12 bits per heavy atom. The summed E-state index contributed by atoms with van der Waals surface area (Å²) in [5.41, 5.74) is -0.1000. The van der Waals surface area contributed by atoms with Gasteiger partial charge >= 0.3 is 16.3 Å². The van der Waals surface area contributed by atoms with Crippen molar-refractivity contribution in [2.45, 2.75) is 24.5 Å². The van der Waals surface area contributed by atoms with Gasteiger partial charge in [-0.3, -0.25) is 9.59 Å². The number of aliphatic hydroxyl groups is 2. The predicted molar refractivity (Wildman–Crippen MR) is 78.1 cm³/mol. The SMILES string of the molecule is N=C1N=CN=C2C1=NC(=O)N2[C@@H]1O[C@H](COS(N)(=O)=O)[C@@H](O)[C@H]1O. The van der Waals surface area contributed by atoms with Crippen LogP contribution in [-0.2, 0) is 19.2 Å². The first-order valence-electron chi connectivity index (χ1n) is 6.49. The van der Waals surface area contributed by atoms with E-state index in [1.54, 1.807) is 0 Å². The van der Waals surface area contributed by atoms with Crippen LogP contribution in [0, 0.1) is 5.41 Å². The fraction of sp³-hybridized carbons (Fsp3) is 0.500. The highest BCUT2D eigenvalue weighted by atomic mass is 32.2. The van der Waals surface area contributed by atoms with Crippen LogP contribution < -0.4 is 5.14 Å². The van der Waals surface area contributed by atoms with E-state index < -0.39 is 47.5 Å². The van der Waals surface area contributed by atoms with Crippen LogP contribution in [0.2, 0.25) is 0 Å². The van der Waals surface area contributed by atoms with Crippen molar-refractivity contribution < 1.29 is 32.3 Å². The van der Waals surface area contributed by atoms with Crippen molar-refractivity contribution in [3.63, 3.8) is 0 Å². The van der Waals surface area contributed by atoms with Crippen molar-refractivity contribution in [1.82, 2.24) is 4.90 Å². The summed E-state index contributed by atoms with van der Waals surface area (Å²) in [6.07, 6.45) is -4.78. The third-order valence-corrected chi connectivity index (χ3v) is 3.90. The van der Waals surface area contributed by atoms with Gasteiger partial charge in [-0.25, -0.2) is 24.8 Å². The molecule has 0 unspecified atom stereocenters. The Balaban J connectivity index is 1.80. The quantitative estimate of drug-likeness (QED) is 0.407. The summed E-state index contributed by atoms with van der Waals surface area (Å²) in [5, 5.41) is 32.3. The third kappa shape index (κ3) is 2.85. The van der Waals surface area contributed by atoms with E-state index in [4.69, 9.17) is 10.1 Å². The summed E-state index contributed by atoms with van der Waals surface area (Å²) in [4.78, 5) is 23.9. The van der Waals surface area contributed by atoms with E-state index >= 15 is 0 Å². The molecule has 4 atom stereocenters. The molecule has 0 aromatic rings. The molecule has 14 heteroatoms. The minimum Gasteiger partial charge on any atom is -0.387 e. The largest absolute Gasteiger partial charge is 0.387 e. The molecule has 24 heavy (non-hydrogen) atoms. The summed E-state index contributed by atoms with van der Waals surface area (Å²) in [7, 11) is -4.27. The lowest BCUT2D eigenvalue weighted by Gasteiger charge is -2.25. The van der Waals surface area contributed by atoms with Crippen molar-refractivity contribution in [3.05, 3.63) is 0 Å². The van der Waals surface area contributed by atoms with E-state index in [0.29, 0.717) is 0 Å². The number of amidine groups is 2. The van der Waals surface area contributed by atoms with Gasteiger partial charge in [-0.15, -0.1) is 0 Å². The number of nitrogens with zero attached hydrogens (tertiary/aromatic N) is 4. The topological polar surface area (TPSA) is 200 Å². The van der Waals surface area contributed by atoms with Crippen molar-refractivity contribution in [1.29, 1.82) is 5.41 Å². The minimum atomic E-state index is -4.27. The molecule has 0 radical (unpaired) electrons. The number of carbonyl (C=O) groups excluding carboxylic acids is 1. The van der Waals surface area contributed by atoms with Crippen LogP contribution in [0.25, 0.3) is 0 Å². The van der Waals surface area contributed by atoms with E-state index in [2.05, 4.69) is 24.3 Å². The number of urea groups is 1. The Bertz CT molecular complexity index is 790. The van der Waals surface area contributed by atoms with E-state index in [0.717, 1.165) is 11.2 Å². The number of hydrogen-bond donors (Lipinski definition) is 4. The van der Waals surface area contributed by atoms with Gasteiger partial charge in [0.05, 0.1) is 6.61 Å². The molecular weight excluding hydrogens is 348 g/mol. The first-order valence-corrected chi connectivity index (χ1v) is 7.96. The van der Waals surface area contributed by atoms with Gasteiger partial charge in [0.1, 0.15) is 24.7 Å². The zero-order valence-electron chi connectivity index (χ0n) is 11.8. The summed E-state index contributed by atoms with van der Waals surface area (Å²) in [6, 6.07) is -0.872. The van der Waals surface area contributed by atoms with Gasteiger partial charge in [0.2, 0.25) is 0 Å². The minimum absolute atomic E-state index is 0.0655. The third-order valence-electron chi connectivity index (χ3n) is 3.43. The van der Waals surface area contributed by atoms with Crippen LogP contribution in [0.15, 0.2) is 15.0 Å². The van der Waals surface area contributed by atoms with Crippen LogP contribution in [0.4, 0.5) is 4.79 Å². The number of ether oxygens (including phenoxy) is 1. The summed E-state index contributed by atoms with van der Waals surface area (Å²) in [5.74, 6) is -0.359. The second kappa shape index (κ2) is 5.76. The van der Waals surface area contributed by atoms with Crippen molar-refractivity contribution in [3.8, 4) is 0 Å². The standard InChI is InChI=1S/C10H12N6O7S/c11-7-4-8(14-2-13-7)16(10(19)15-4)9-6(18)5(17)3(23-9)1-22-24(12,20)21/h2-3,5-6,9,11,17-18H,1H2,(H2,12,20,21)/t3-,5-,6-,9-/m1/s1. The molecule has 3 aliphatic rings. The van der Waals surface area contributed by atoms with E-state index in [1.165, 1.54) is 0 Å². The molecule has 3 heterocycles. The number of hydrogen-bond acceptors (Lipinski definition) is 9. The van der Waals surface area contributed by atoms with Gasteiger partial charge in [-0.05, 0) is 0 Å². The van der Waals surface area contributed by atoms with Crippen LogP contribution >= 0.6 is 0 Å². The smallest absolute Gasteiger partial charge is 0.352 e. The first-order chi connectivity index (χ1) is 11.2. The Morgan fingerprint density at radius 1 is 1.42 bits per heavy atom. The molecule has 0 aromatic heterocycles. The van der Waals surface area contributed by atoms with Gasteiger partial charge in [0.25, 0.3) is 0 Å². The van der Waals surface area contributed by atoms with Crippen LogP contribution in [0.1, 0.15) is 0 Å². The predicted octanol–water partition coefficient (Wildman–Crippen LogP) is -3.05. The molecule has 0 bridgehead atoms. The maximum Gasteiger partial charge on any atom is 0.352 e. The van der Waals surface area contributed by atoms with Gasteiger partial charge in [0, 0.05) is 0 Å². The molecule has 3 rings (SSSR count). The van der Waals surface area contributed by atoms with Crippen molar-refractivity contribution in [2.75, 3.05) is 6.61 Å². The zero-order valence-corrected chi connectivity index (χ0v) is 12.6. The normalized spacial score (nSPS) is 32.9. The Labute approximate surface area is 134 Å². The molecular formula is C10H12N6O7S. The van der Waals surface area contributed by atoms with Crippen molar-refractivity contribution in [2.24, 2.45) is 20.1 Å². The second-order valence-electron chi connectivity index (χ2n) is 4.98. The molecule has 0 aliphatic carbocycles. The number of nitrogens with one attached hydrogen (secondary N) is 1. The Kier molecular flexibility index (Phi) is 4.02. The molecule has 1 saturated heterocycles. The maximum atomic E-state index is 12.0. The number of fused-ring (bicyclic) bond motifs is 1. The first kappa shape index (κ1) is 16.7. The average Bonchev–Trinajstić information content (AvgIpc) is 2.96. The van der Waals surface area contributed by atoms with Crippen LogP contribution in [0.3, 0.4) is 0 Å². The number of aliphatic imine (C=N–C) groups is 3. The molecule has 2 amide bonds. The Hall–Kier alpha value is -2.10. The molecule has 0 saturated carbocycles. The summed E-state index contributed by atoms with van der Waals surface area (Å²) >= 11 is 0. The van der Waals surface area contributed by atoms with E-state index in [9.17, 15) is 23.4 Å². The second-order valence-corrected chi connectivity index (χ2v) is 6.20.